The van der Waals surface area contributed by atoms with Crippen molar-refractivity contribution in [1.29, 1.82) is 0 Å². The fourth-order valence-electron chi connectivity index (χ4n) is 2.23. The van der Waals surface area contributed by atoms with Crippen LogP contribution in [0.25, 0.3) is 6.08 Å². The molecular formula is C22H18F2O7. The smallest absolute Gasteiger partial charge is 0.339 e. The van der Waals surface area contributed by atoms with E-state index in [1.165, 1.54) is 43.3 Å². The number of hydrogen-bond donors (Lipinski definition) is 1. The Kier molecular flexibility index (Phi) is 8.01. The number of esters is 2. The molecule has 2 aromatic carbocycles. The quantitative estimate of drug-likeness (QED) is 0.278. The number of carbonyl (C=O) groups excluding carboxylic acids is 2. The highest BCUT2D eigenvalue weighted by molar-refractivity contribution is 5.94. The molecule has 0 radical (unpaired) electrons. The number of aliphatic carboxylic acids is 1. The lowest BCUT2D eigenvalue weighted by Gasteiger charge is -2.15. The minimum Gasteiger partial charge on any atom is -0.478 e. The molecule has 0 saturated carbocycles. The lowest BCUT2D eigenvalue weighted by molar-refractivity contribution is -0.161. The van der Waals surface area contributed by atoms with Crippen LogP contribution >= 0.6 is 0 Å². The number of benzene rings is 2. The summed E-state index contributed by atoms with van der Waals surface area (Å²) in [5.41, 5.74) is 0.402. The zero-order valence-corrected chi connectivity index (χ0v) is 16.3. The average molecular weight is 432 g/mol. The van der Waals surface area contributed by atoms with Crippen molar-refractivity contribution in [3.05, 3.63) is 77.9 Å². The first-order valence-corrected chi connectivity index (χ1v) is 8.86. The Morgan fingerprint density at radius 3 is 2.32 bits per heavy atom. The van der Waals surface area contributed by atoms with Crippen LogP contribution in [0.15, 0.2) is 60.7 Å². The predicted octanol–water partition coefficient (Wildman–Crippen LogP) is 3.88. The van der Waals surface area contributed by atoms with Crippen molar-refractivity contribution in [1.82, 2.24) is 0 Å². The SMILES string of the molecule is C=C(CC(=O)OC(C)Oc1ccc(F)c(F)c1)C(=O)Oc1ccc(/C=C/C(=O)O)cc1. The molecule has 0 spiro atoms. The zero-order chi connectivity index (χ0) is 23.0. The molecule has 2 aromatic rings. The van der Waals surface area contributed by atoms with Gasteiger partial charge in [0.05, 0.1) is 6.42 Å². The van der Waals surface area contributed by atoms with Gasteiger partial charge in [0.25, 0.3) is 0 Å². The number of carbonyl (C=O) groups is 3. The summed E-state index contributed by atoms with van der Waals surface area (Å²) in [6.45, 7) is 4.85. The second-order valence-corrected chi connectivity index (χ2v) is 6.16. The Hall–Kier alpha value is -4.01. The number of ether oxygens (including phenoxy) is 3. The monoisotopic (exact) mass is 432 g/mol. The van der Waals surface area contributed by atoms with Gasteiger partial charge < -0.3 is 19.3 Å². The van der Waals surface area contributed by atoms with E-state index in [2.05, 4.69) is 6.58 Å². The van der Waals surface area contributed by atoms with Gasteiger partial charge in [-0.05, 0) is 35.9 Å². The normalized spacial score (nSPS) is 11.6. The summed E-state index contributed by atoms with van der Waals surface area (Å²) in [5.74, 6) is -4.83. The Labute approximate surface area is 176 Å². The van der Waals surface area contributed by atoms with Gasteiger partial charge in [-0.15, -0.1) is 0 Å². The minimum absolute atomic E-state index is 0.0425. The highest BCUT2D eigenvalue weighted by atomic mass is 19.2. The molecule has 0 fully saturated rings. The summed E-state index contributed by atoms with van der Waals surface area (Å²) >= 11 is 0. The third kappa shape index (κ3) is 7.73. The molecule has 1 atom stereocenters. The Bertz CT molecular complexity index is 1010. The maximum atomic E-state index is 13.2. The van der Waals surface area contributed by atoms with E-state index in [1.807, 2.05) is 0 Å². The van der Waals surface area contributed by atoms with Gasteiger partial charge in [-0.2, -0.15) is 0 Å². The lowest BCUT2D eigenvalue weighted by atomic mass is 10.2. The second-order valence-electron chi connectivity index (χ2n) is 6.16. The fraction of sp³-hybridized carbons (Fsp3) is 0.136. The van der Waals surface area contributed by atoms with Crippen molar-refractivity contribution in [2.45, 2.75) is 19.6 Å². The van der Waals surface area contributed by atoms with Crippen LogP contribution in [0.3, 0.4) is 0 Å². The minimum atomic E-state index is -1.13. The lowest BCUT2D eigenvalue weighted by Crippen LogP contribution is -2.22. The zero-order valence-electron chi connectivity index (χ0n) is 16.3. The van der Waals surface area contributed by atoms with Crippen molar-refractivity contribution in [2.75, 3.05) is 0 Å². The van der Waals surface area contributed by atoms with E-state index in [9.17, 15) is 23.2 Å². The molecule has 0 saturated heterocycles. The molecule has 0 amide bonds. The van der Waals surface area contributed by atoms with E-state index >= 15 is 0 Å². The van der Waals surface area contributed by atoms with Crippen LogP contribution in [0.2, 0.25) is 0 Å². The van der Waals surface area contributed by atoms with Crippen molar-refractivity contribution in [2.24, 2.45) is 0 Å². The average Bonchev–Trinajstić information content (AvgIpc) is 2.69. The van der Waals surface area contributed by atoms with Crippen LogP contribution in [0.1, 0.15) is 18.9 Å². The Morgan fingerprint density at radius 1 is 1.06 bits per heavy atom. The molecule has 0 aliphatic heterocycles. The number of halogens is 2. The van der Waals surface area contributed by atoms with E-state index in [-0.39, 0.29) is 17.1 Å². The molecule has 2 rings (SSSR count). The molecule has 9 heteroatoms. The number of carboxylic acid groups (broad SMARTS) is 1. The van der Waals surface area contributed by atoms with Gasteiger partial charge in [0.15, 0.2) is 11.6 Å². The topological polar surface area (TPSA) is 99.1 Å². The third-order valence-electron chi connectivity index (χ3n) is 3.65. The maximum absolute atomic E-state index is 13.2. The molecule has 162 valence electrons. The molecule has 7 nitrogen and oxygen atoms in total. The van der Waals surface area contributed by atoms with Crippen molar-refractivity contribution < 1.29 is 42.5 Å². The van der Waals surface area contributed by atoms with Gasteiger partial charge in [0, 0.05) is 24.6 Å². The number of carboxylic acids is 1. The molecule has 1 unspecified atom stereocenters. The predicted molar refractivity (Wildman–Crippen MR) is 105 cm³/mol. The summed E-state index contributed by atoms with van der Waals surface area (Å²) in [6, 6.07) is 8.81. The van der Waals surface area contributed by atoms with Gasteiger partial charge in [-0.3, -0.25) is 4.79 Å². The van der Waals surface area contributed by atoms with Crippen LogP contribution in [-0.4, -0.2) is 29.3 Å². The summed E-state index contributed by atoms with van der Waals surface area (Å²) < 4.78 is 41.3. The summed E-state index contributed by atoms with van der Waals surface area (Å²) in [7, 11) is 0. The summed E-state index contributed by atoms with van der Waals surface area (Å²) in [6.07, 6.45) is 0.717. The molecular weight excluding hydrogens is 414 g/mol. The molecule has 31 heavy (non-hydrogen) atoms. The van der Waals surface area contributed by atoms with Gasteiger partial charge in [0.2, 0.25) is 6.29 Å². The summed E-state index contributed by atoms with van der Waals surface area (Å²) in [4.78, 5) is 34.5. The Morgan fingerprint density at radius 2 is 1.71 bits per heavy atom. The van der Waals surface area contributed by atoms with Crippen molar-refractivity contribution in [3.63, 3.8) is 0 Å². The second kappa shape index (κ2) is 10.7. The van der Waals surface area contributed by atoms with E-state index in [4.69, 9.17) is 19.3 Å². The first-order valence-electron chi connectivity index (χ1n) is 8.86. The van der Waals surface area contributed by atoms with Gasteiger partial charge in [0.1, 0.15) is 11.5 Å². The van der Waals surface area contributed by atoms with E-state index in [0.717, 1.165) is 18.2 Å². The molecule has 0 aliphatic rings. The van der Waals surface area contributed by atoms with Gasteiger partial charge in [-0.25, -0.2) is 18.4 Å². The van der Waals surface area contributed by atoms with Gasteiger partial charge >= 0.3 is 17.9 Å². The first-order chi connectivity index (χ1) is 14.6. The van der Waals surface area contributed by atoms with Gasteiger partial charge in [-0.1, -0.05) is 18.7 Å². The van der Waals surface area contributed by atoms with Crippen LogP contribution in [-0.2, 0) is 19.1 Å². The number of rotatable bonds is 9. The van der Waals surface area contributed by atoms with E-state index in [1.54, 1.807) is 0 Å². The highest BCUT2D eigenvalue weighted by Gasteiger charge is 2.18. The fourth-order valence-corrected chi connectivity index (χ4v) is 2.23. The van der Waals surface area contributed by atoms with E-state index in [0.29, 0.717) is 5.56 Å². The standard InChI is InChI=1S/C22H18F2O7/c1-13(22(28)31-16-6-3-15(4-7-16)5-10-20(25)26)11-21(27)30-14(2)29-17-8-9-18(23)19(24)12-17/h3-10,12,14H,1,11H2,2H3,(H,25,26)/b10-5+. The molecule has 1 N–H and O–H groups in total. The summed E-state index contributed by atoms with van der Waals surface area (Å²) in [5, 5.41) is 8.59. The molecule has 0 aliphatic carbocycles. The first kappa shape index (κ1) is 23.3. The molecule has 0 heterocycles. The number of hydrogen-bond acceptors (Lipinski definition) is 6. The molecule has 0 aromatic heterocycles. The van der Waals surface area contributed by atoms with Crippen LogP contribution in [0, 0.1) is 11.6 Å². The molecule has 0 bridgehead atoms. The largest absolute Gasteiger partial charge is 0.478 e. The van der Waals surface area contributed by atoms with Crippen molar-refractivity contribution >= 4 is 24.0 Å². The van der Waals surface area contributed by atoms with E-state index < -0.39 is 42.3 Å². The van der Waals surface area contributed by atoms with Crippen LogP contribution in [0.4, 0.5) is 8.78 Å². The van der Waals surface area contributed by atoms with Crippen LogP contribution in [0.5, 0.6) is 11.5 Å². The van der Waals surface area contributed by atoms with Crippen LogP contribution < -0.4 is 9.47 Å². The highest BCUT2D eigenvalue weighted by Crippen LogP contribution is 2.18. The third-order valence-corrected chi connectivity index (χ3v) is 3.65. The Balaban J connectivity index is 1.83. The van der Waals surface area contributed by atoms with Crippen molar-refractivity contribution in [3.8, 4) is 11.5 Å². The maximum Gasteiger partial charge on any atom is 0.339 e.